The van der Waals surface area contributed by atoms with Gasteiger partial charge in [0.2, 0.25) is 0 Å². The molecule has 2 amide bonds. The third-order valence-electron chi connectivity index (χ3n) is 3.27. The summed E-state index contributed by atoms with van der Waals surface area (Å²) in [6.45, 7) is 2.88. The average molecular weight is 290 g/mol. The Morgan fingerprint density at radius 1 is 1.14 bits per heavy atom. The standard InChI is InChI=1S/C14H22N6O/c1-2-3-4-5-6-7-8-15-14(21)20-13-11-12(17-9-16-11)18-10-19-13/h9-10H,2-8H2,1H3,(H3,15,16,17,18,19,20,21). The number of amides is 2. The van der Waals surface area contributed by atoms with Crippen molar-refractivity contribution in [1.82, 2.24) is 25.3 Å². The molecule has 0 bridgehead atoms. The van der Waals surface area contributed by atoms with Crippen LogP contribution in [-0.2, 0) is 0 Å². The Morgan fingerprint density at radius 3 is 2.81 bits per heavy atom. The zero-order valence-corrected chi connectivity index (χ0v) is 12.4. The Labute approximate surface area is 124 Å². The van der Waals surface area contributed by atoms with Crippen LogP contribution < -0.4 is 10.6 Å². The molecule has 2 aromatic heterocycles. The number of urea groups is 1. The maximum Gasteiger partial charge on any atom is 0.320 e. The van der Waals surface area contributed by atoms with Crippen molar-refractivity contribution >= 4 is 23.0 Å². The molecule has 2 heterocycles. The Morgan fingerprint density at radius 2 is 1.95 bits per heavy atom. The number of fused-ring (bicyclic) bond motifs is 1. The maximum atomic E-state index is 11.8. The van der Waals surface area contributed by atoms with Crippen LogP contribution in [0.5, 0.6) is 0 Å². The summed E-state index contributed by atoms with van der Waals surface area (Å²) in [7, 11) is 0. The van der Waals surface area contributed by atoms with Gasteiger partial charge < -0.3 is 10.3 Å². The van der Waals surface area contributed by atoms with Crippen molar-refractivity contribution in [2.24, 2.45) is 0 Å². The number of H-pyrrole nitrogens is 1. The molecule has 0 fully saturated rings. The molecule has 2 rings (SSSR count). The van der Waals surface area contributed by atoms with Crippen LogP contribution in [0.4, 0.5) is 10.6 Å². The van der Waals surface area contributed by atoms with Gasteiger partial charge in [0.25, 0.3) is 0 Å². The lowest BCUT2D eigenvalue weighted by Crippen LogP contribution is -2.30. The SMILES string of the molecule is CCCCCCCCNC(=O)Nc1ncnc2[nH]cnc12. The number of rotatable bonds is 8. The van der Waals surface area contributed by atoms with E-state index in [0.29, 0.717) is 23.5 Å². The maximum absolute atomic E-state index is 11.8. The highest BCUT2D eigenvalue weighted by molar-refractivity contribution is 5.95. The molecule has 0 aromatic carbocycles. The molecular formula is C14H22N6O. The second-order valence-corrected chi connectivity index (χ2v) is 4.97. The van der Waals surface area contributed by atoms with Crippen LogP contribution in [-0.4, -0.2) is 32.5 Å². The van der Waals surface area contributed by atoms with Crippen molar-refractivity contribution < 1.29 is 4.79 Å². The Hall–Kier alpha value is -2.18. The van der Waals surface area contributed by atoms with E-state index in [1.807, 2.05) is 0 Å². The van der Waals surface area contributed by atoms with Crippen LogP contribution in [0.25, 0.3) is 11.2 Å². The number of hydrogen-bond acceptors (Lipinski definition) is 4. The normalized spacial score (nSPS) is 10.7. The summed E-state index contributed by atoms with van der Waals surface area (Å²) in [6.07, 6.45) is 10.1. The molecule has 0 radical (unpaired) electrons. The highest BCUT2D eigenvalue weighted by atomic mass is 16.2. The van der Waals surface area contributed by atoms with Crippen LogP contribution in [0.3, 0.4) is 0 Å². The minimum Gasteiger partial charge on any atom is -0.338 e. The summed E-state index contributed by atoms with van der Waals surface area (Å²) < 4.78 is 0. The van der Waals surface area contributed by atoms with Crippen molar-refractivity contribution in [2.45, 2.75) is 45.4 Å². The first-order chi connectivity index (χ1) is 10.3. The molecule has 0 spiro atoms. The molecule has 0 aliphatic rings. The Balaban J connectivity index is 1.69. The van der Waals surface area contributed by atoms with Crippen molar-refractivity contribution in [1.29, 1.82) is 0 Å². The smallest absolute Gasteiger partial charge is 0.320 e. The fourth-order valence-corrected chi connectivity index (χ4v) is 2.12. The summed E-state index contributed by atoms with van der Waals surface area (Å²) in [5, 5.41) is 5.53. The molecule has 7 nitrogen and oxygen atoms in total. The molecule has 21 heavy (non-hydrogen) atoms. The van der Waals surface area contributed by atoms with Gasteiger partial charge in [-0.25, -0.2) is 19.7 Å². The van der Waals surface area contributed by atoms with Crippen molar-refractivity contribution in [3.8, 4) is 0 Å². The van der Waals surface area contributed by atoms with Gasteiger partial charge in [-0.2, -0.15) is 0 Å². The van der Waals surface area contributed by atoms with Gasteiger partial charge in [-0.05, 0) is 6.42 Å². The van der Waals surface area contributed by atoms with E-state index in [4.69, 9.17) is 0 Å². The lowest BCUT2D eigenvalue weighted by Gasteiger charge is -2.07. The zero-order valence-electron chi connectivity index (χ0n) is 12.4. The zero-order chi connectivity index (χ0) is 14.9. The van der Waals surface area contributed by atoms with E-state index in [-0.39, 0.29) is 6.03 Å². The lowest BCUT2D eigenvalue weighted by atomic mass is 10.1. The van der Waals surface area contributed by atoms with Gasteiger partial charge in [0, 0.05) is 6.54 Å². The highest BCUT2D eigenvalue weighted by Gasteiger charge is 2.08. The van der Waals surface area contributed by atoms with Crippen LogP contribution in [0.15, 0.2) is 12.7 Å². The summed E-state index contributed by atoms with van der Waals surface area (Å²) >= 11 is 0. The van der Waals surface area contributed by atoms with E-state index in [1.165, 1.54) is 38.3 Å². The Kier molecular flexibility index (Phi) is 5.93. The van der Waals surface area contributed by atoms with Gasteiger partial charge in [0.1, 0.15) is 6.33 Å². The van der Waals surface area contributed by atoms with E-state index in [0.717, 1.165) is 12.8 Å². The van der Waals surface area contributed by atoms with Gasteiger partial charge >= 0.3 is 6.03 Å². The van der Waals surface area contributed by atoms with E-state index >= 15 is 0 Å². The first-order valence-electron chi connectivity index (χ1n) is 7.50. The summed E-state index contributed by atoms with van der Waals surface area (Å²) in [6, 6.07) is -0.258. The second-order valence-electron chi connectivity index (χ2n) is 4.97. The number of nitrogens with zero attached hydrogens (tertiary/aromatic N) is 3. The predicted molar refractivity (Wildman–Crippen MR) is 82.1 cm³/mol. The van der Waals surface area contributed by atoms with E-state index in [1.54, 1.807) is 0 Å². The van der Waals surface area contributed by atoms with Gasteiger partial charge in [-0.1, -0.05) is 39.0 Å². The van der Waals surface area contributed by atoms with Gasteiger partial charge in [-0.3, -0.25) is 5.32 Å². The minimum atomic E-state index is -0.258. The number of carbonyl (C=O) groups excluding carboxylic acids is 1. The first-order valence-corrected chi connectivity index (χ1v) is 7.50. The molecule has 114 valence electrons. The van der Waals surface area contributed by atoms with Crippen molar-refractivity contribution in [2.75, 3.05) is 11.9 Å². The number of aromatic nitrogens is 4. The minimum absolute atomic E-state index is 0.258. The van der Waals surface area contributed by atoms with E-state index < -0.39 is 0 Å². The molecule has 3 N–H and O–H groups in total. The van der Waals surface area contributed by atoms with Crippen LogP contribution in [0.2, 0.25) is 0 Å². The fraction of sp³-hybridized carbons (Fsp3) is 0.571. The predicted octanol–water partition coefficient (Wildman–Crippen LogP) is 2.83. The summed E-state index contributed by atoms with van der Waals surface area (Å²) in [5.41, 5.74) is 1.17. The van der Waals surface area contributed by atoms with Crippen molar-refractivity contribution in [3.05, 3.63) is 12.7 Å². The lowest BCUT2D eigenvalue weighted by molar-refractivity contribution is 0.252. The Bertz CT molecular complexity index is 567. The second kappa shape index (κ2) is 8.18. The van der Waals surface area contributed by atoms with E-state index in [2.05, 4.69) is 37.5 Å². The number of carbonyl (C=O) groups is 1. The quantitative estimate of drug-likeness (QED) is 0.651. The number of nitrogens with one attached hydrogen (secondary N) is 3. The number of imidazole rings is 1. The van der Waals surface area contributed by atoms with Gasteiger partial charge in [0.15, 0.2) is 17.0 Å². The first kappa shape index (κ1) is 15.2. The van der Waals surface area contributed by atoms with Gasteiger partial charge in [0.05, 0.1) is 6.33 Å². The third-order valence-corrected chi connectivity index (χ3v) is 3.27. The van der Waals surface area contributed by atoms with E-state index in [9.17, 15) is 4.79 Å². The largest absolute Gasteiger partial charge is 0.338 e. The monoisotopic (exact) mass is 290 g/mol. The molecule has 0 saturated carbocycles. The van der Waals surface area contributed by atoms with Crippen LogP contribution >= 0.6 is 0 Å². The molecule has 0 aliphatic heterocycles. The van der Waals surface area contributed by atoms with Gasteiger partial charge in [-0.15, -0.1) is 0 Å². The molecule has 2 aromatic rings. The molecular weight excluding hydrogens is 268 g/mol. The molecule has 0 atom stereocenters. The van der Waals surface area contributed by atoms with Crippen molar-refractivity contribution in [3.63, 3.8) is 0 Å². The number of aromatic amines is 1. The van der Waals surface area contributed by atoms with Crippen LogP contribution in [0.1, 0.15) is 45.4 Å². The topological polar surface area (TPSA) is 95.6 Å². The summed E-state index contributed by atoms with van der Waals surface area (Å²) in [5.74, 6) is 0.418. The number of anilines is 1. The summed E-state index contributed by atoms with van der Waals surface area (Å²) in [4.78, 5) is 26.8. The average Bonchev–Trinajstić information content (AvgIpc) is 2.96. The molecule has 0 aliphatic carbocycles. The fourth-order valence-electron chi connectivity index (χ4n) is 2.12. The molecule has 0 unspecified atom stereocenters. The van der Waals surface area contributed by atoms with Crippen LogP contribution in [0, 0.1) is 0 Å². The number of unbranched alkanes of at least 4 members (excludes halogenated alkanes) is 5. The molecule has 7 heteroatoms. The number of hydrogen-bond donors (Lipinski definition) is 3. The third kappa shape index (κ3) is 4.70. The molecule has 0 saturated heterocycles. The highest BCUT2D eigenvalue weighted by Crippen LogP contribution is 2.13.